The third kappa shape index (κ3) is 4.10. The fraction of sp³-hybridized carbons (Fsp3) is 0.409. The van der Waals surface area contributed by atoms with Crippen molar-refractivity contribution in [2.75, 3.05) is 13.1 Å². The van der Waals surface area contributed by atoms with Crippen LogP contribution >= 0.6 is 0 Å². The van der Waals surface area contributed by atoms with Crippen LogP contribution in [0, 0.1) is 5.41 Å². The van der Waals surface area contributed by atoms with Crippen molar-refractivity contribution in [1.82, 2.24) is 10.6 Å². The highest BCUT2D eigenvalue weighted by molar-refractivity contribution is 5.84. The molecular formula is C22H28N2O. The highest BCUT2D eigenvalue weighted by Gasteiger charge is 2.40. The summed E-state index contributed by atoms with van der Waals surface area (Å²) in [5, 5.41) is 6.60. The summed E-state index contributed by atoms with van der Waals surface area (Å²) in [4.78, 5) is 13.0. The van der Waals surface area contributed by atoms with Crippen molar-refractivity contribution < 1.29 is 4.79 Å². The van der Waals surface area contributed by atoms with E-state index in [1.165, 1.54) is 16.7 Å². The van der Waals surface area contributed by atoms with Gasteiger partial charge in [-0.1, -0.05) is 54.6 Å². The topological polar surface area (TPSA) is 41.1 Å². The highest BCUT2D eigenvalue weighted by Crippen LogP contribution is 2.35. The second-order valence-corrected chi connectivity index (χ2v) is 7.39. The lowest BCUT2D eigenvalue weighted by Crippen LogP contribution is -2.53. The van der Waals surface area contributed by atoms with Gasteiger partial charge in [0.15, 0.2) is 0 Å². The van der Waals surface area contributed by atoms with Crippen molar-refractivity contribution in [2.24, 2.45) is 5.41 Å². The fourth-order valence-corrected chi connectivity index (χ4v) is 3.75. The lowest BCUT2D eigenvalue weighted by molar-refractivity contribution is -0.132. The molecule has 1 unspecified atom stereocenters. The van der Waals surface area contributed by atoms with Gasteiger partial charge in [-0.15, -0.1) is 0 Å². The monoisotopic (exact) mass is 336 g/mol. The standard InChI is InChI=1S/C22H28N2O/c1-17(2)24-21(25)22(13-8-14-23-16-22)15-19-11-6-7-12-20(19)18-9-4-3-5-10-18/h3-7,9-12,17,23H,8,13-16H2,1-2H3,(H,24,25). The Hall–Kier alpha value is -2.13. The number of hydrogen-bond acceptors (Lipinski definition) is 2. The van der Waals surface area contributed by atoms with Crippen molar-refractivity contribution in [3.8, 4) is 11.1 Å². The fourth-order valence-electron chi connectivity index (χ4n) is 3.75. The van der Waals surface area contributed by atoms with Crippen molar-refractivity contribution in [3.05, 3.63) is 60.2 Å². The quantitative estimate of drug-likeness (QED) is 0.872. The molecule has 1 fully saturated rings. The Balaban J connectivity index is 1.94. The predicted molar refractivity (Wildman–Crippen MR) is 103 cm³/mol. The Kier molecular flexibility index (Phi) is 5.54. The van der Waals surface area contributed by atoms with Crippen LogP contribution in [0.3, 0.4) is 0 Å². The van der Waals surface area contributed by atoms with Crippen molar-refractivity contribution in [3.63, 3.8) is 0 Å². The minimum absolute atomic E-state index is 0.163. The summed E-state index contributed by atoms with van der Waals surface area (Å²) in [7, 11) is 0. The van der Waals surface area contributed by atoms with Gasteiger partial charge in [0.2, 0.25) is 5.91 Å². The first-order valence-electron chi connectivity index (χ1n) is 9.26. The van der Waals surface area contributed by atoms with Crippen LogP contribution < -0.4 is 10.6 Å². The number of rotatable bonds is 5. The van der Waals surface area contributed by atoms with E-state index in [1.54, 1.807) is 0 Å². The lowest BCUT2D eigenvalue weighted by atomic mass is 9.73. The number of nitrogens with one attached hydrogen (secondary N) is 2. The van der Waals surface area contributed by atoms with Gasteiger partial charge in [-0.05, 0) is 56.3 Å². The molecule has 0 aliphatic carbocycles. The third-order valence-electron chi connectivity index (χ3n) is 5.00. The first-order valence-corrected chi connectivity index (χ1v) is 9.26. The van der Waals surface area contributed by atoms with Crippen LogP contribution in [0.25, 0.3) is 11.1 Å². The van der Waals surface area contributed by atoms with Crippen LogP contribution in [0.2, 0.25) is 0 Å². The number of amides is 1. The van der Waals surface area contributed by atoms with Crippen molar-refractivity contribution in [2.45, 2.75) is 39.2 Å². The summed E-state index contributed by atoms with van der Waals surface area (Å²) in [6, 6.07) is 19.1. The van der Waals surface area contributed by atoms with Gasteiger partial charge in [-0.25, -0.2) is 0 Å². The van der Waals surface area contributed by atoms with E-state index in [1.807, 2.05) is 19.9 Å². The van der Waals surface area contributed by atoms with E-state index in [2.05, 4.69) is 59.2 Å². The maximum atomic E-state index is 13.0. The Morgan fingerprint density at radius 2 is 1.84 bits per heavy atom. The first-order chi connectivity index (χ1) is 12.1. The SMILES string of the molecule is CC(C)NC(=O)C1(Cc2ccccc2-c2ccccc2)CCCNC1. The average Bonchev–Trinajstić information content (AvgIpc) is 2.63. The second kappa shape index (κ2) is 7.83. The van der Waals surface area contributed by atoms with E-state index >= 15 is 0 Å². The molecule has 0 bridgehead atoms. The Labute approximate surface area is 150 Å². The van der Waals surface area contributed by atoms with E-state index in [0.717, 1.165) is 32.4 Å². The van der Waals surface area contributed by atoms with E-state index in [9.17, 15) is 4.79 Å². The number of carbonyl (C=O) groups is 1. The summed E-state index contributed by atoms with van der Waals surface area (Å²) < 4.78 is 0. The molecule has 1 saturated heterocycles. The number of piperidine rings is 1. The Morgan fingerprint density at radius 1 is 1.12 bits per heavy atom. The summed E-state index contributed by atoms with van der Waals surface area (Å²) in [6.45, 7) is 5.80. The van der Waals surface area contributed by atoms with E-state index in [-0.39, 0.29) is 17.4 Å². The maximum Gasteiger partial charge on any atom is 0.228 e. The van der Waals surface area contributed by atoms with Gasteiger partial charge in [-0.3, -0.25) is 4.79 Å². The molecule has 132 valence electrons. The molecule has 1 aliphatic heterocycles. The van der Waals surface area contributed by atoms with Gasteiger partial charge < -0.3 is 10.6 Å². The average molecular weight is 336 g/mol. The Morgan fingerprint density at radius 3 is 2.52 bits per heavy atom. The zero-order valence-electron chi connectivity index (χ0n) is 15.2. The van der Waals surface area contributed by atoms with Crippen LogP contribution in [0.5, 0.6) is 0 Å². The number of hydrogen-bond donors (Lipinski definition) is 2. The number of carbonyl (C=O) groups excluding carboxylic acids is 1. The summed E-state index contributed by atoms with van der Waals surface area (Å²) in [6.07, 6.45) is 2.74. The molecule has 1 atom stereocenters. The summed E-state index contributed by atoms with van der Waals surface area (Å²) >= 11 is 0. The summed E-state index contributed by atoms with van der Waals surface area (Å²) in [5.41, 5.74) is 3.32. The molecule has 0 aromatic heterocycles. The smallest absolute Gasteiger partial charge is 0.228 e. The maximum absolute atomic E-state index is 13.0. The van der Waals surface area contributed by atoms with Crippen molar-refractivity contribution >= 4 is 5.91 Å². The number of benzene rings is 2. The molecule has 3 heteroatoms. The van der Waals surface area contributed by atoms with Gasteiger partial charge in [0.05, 0.1) is 5.41 Å². The molecular weight excluding hydrogens is 308 g/mol. The largest absolute Gasteiger partial charge is 0.353 e. The van der Waals surface area contributed by atoms with Crippen LogP contribution in [-0.4, -0.2) is 25.0 Å². The molecule has 2 N–H and O–H groups in total. The molecule has 1 amide bonds. The van der Waals surface area contributed by atoms with Gasteiger partial charge in [0.1, 0.15) is 0 Å². The highest BCUT2D eigenvalue weighted by atomic mass is 16.2. The molecule has 1 aliphatic rings. The van der Waals surface area contributed by atoms with Crippen LogP contribution in [0.4, 0.5) is 0 Å². The van der Waals surface area contributed by atoms with Crippen LogP contribution in [0.1, 0.15) is 32.3 Å². The predicted octanol–water partition coefficient (Wildman–Crippen LogP) is 3.79. The van der Waals surface area contributed by atoms with Gasteiger partial charge in [-0.2, -0.15) is 0 Å². The van der Waals surface area contributed by atoms with Crippen LogP contribution in [-0.2, 0) is 11.2 Å². The van der Waals surface area contributed by atoms with Gasteiger partial charge in [0, 0.05) is 12.6 Å². The van der Waals surface area contributed by atoms with E-state index < -0.39 is 0 Å². The molecule has 0 saturated carbocycles. The van der Waals surface area contributed by atoms with E-state index in [0.29, 0.717) is 0 Å². The lowest BCUT2D eigenvalue weighted by Gasteiger charge is -2.37. The Bertz CT molecular complexity index is 703. The first kappa shape index (κ1) is 17.7. The molecule has 0 spiro atoms. The van der Waals surface area contributed by atoms with Gasteiger partial charge in [0.25, 0.3) is 0 Å². The molecule has 2 aromatic carbocycles. The zero-order chi connectivity index (χ0) is 17.7. The third-order valence-corrected chi connectivity index (χ3v) is 5.00. The molecule has 3 nitrogen and oxygen atoms in total. The van der Waals surface area contributed by atoms with Crippen LogP contribution in [0.15, 0.2) is 54.6 Å². The molecule has 2 aromatic rings. The molecule has 0 radical (unpaired) electrons. The normalized spacial score (nSPS) is 20.4. The minimum Gasteiger partial charge on any atom is -0.353 e. The van der Waals surface area contributed by atoms with Gasteiger partial charge >= 0.3 is 0 Å². The molecule has 25 heavy (non-hydrogen) atoms. The summed E-state index contributed by atoms with van der Waals surface area (Å²) in [5.74, 6) is 0.178. The molecule has 1 heterocycles. The second-order valence-electron chi connectivity index (χ2n) is 7.39. The van der Waals surface area contributed by atoms with E-state index in [4.69, 9.17) is 0 Å². The molecule has 3 rings (SSSR count). The minimum atomic E-state index is -0.368. The van der Waals surface area contributed by atoms with Crippen molar-refractivity contribution in [1.29, 1.82) is 0 Å². The zero-order valence-corrected chi connectivity index (χ0v) is 15.2.